The first-order valence-electron chi connectivity index (χ1n) is 9.63. The third-order valence-electron chi connectivity index (χ3n) is 4.97. The summed E-state index contributed by atoms with van der Waals surface area (Å²) in [6.07, 6.45) is 6.64. The summed E-state index contributed by atoms with van der Waals surface area (Å²) in [6.45, 7) is 3.92. The number of amides is 1. The molecule has 0 fully saturated rings. The molecule has 0 aliphatic heterocycles. The number of rotatable bonds is 5. The van der Waals surface area contributed by atoms with Gasteiger partial charge in [0, 0.05) is 18.0 Å². The second kappa shape index (κ2) is 7.52. The summed E-state index contributed by atoms with van der Waals surface area (Å²) in [6, 6.07) is 9.14. The molecule has 0 aliphatic carbocycles. The summed E-state index contributed by atoms with van der Waals surface area (Å²) in [7, 11) is 0. The number of aryl methyl sites for hydroxylation is 2. The summed E-state index contributed by atoms with van der Waals surface area (Å²) >= 11 is 0. The average molecular weight is 414 g/mol. The molecule has 0 saturated carbocycles. The fourth-order valence-electron chi connectivity index (χ4n) is 3.41. The number of hydrogen-bond acceptors (Lipinski definition) is 7. The van der Waals surface area contributed by atoms with Gasteiger partial charge in [0.25, 0.3) is 5.91 Å². The van der Waals surface area contributed by atoms with Crippen LogP contribution in [-0.4, -0.2) is 30.8 Å². The third-order valence-corrected chi connectivity index (χ3v) is 4.97. The van der Waals surface area contributed by atoms with Crippen molar-refractivity contribution in [2.45, 2.75) is 20.4 Å². The van der Waals surface area contributed by atoms with Crippen molar-refractivity contribution in [1.82, 2.24) is 24.9 Å². The van der Waals surface area contributed by atoms with Crippen LogP contribution in [0.15, 0.2) is 64.1 Å². The van der Waals surface area contributed by atoms with Crippen molar-refractivity contribution in [2.75, 3.05) is 5.32 Å². The van der Waals surface area contributed by atoms with Crippen LogP contribution in [0.2, 0.25) is 0 Å². The lowest BCUT2D eigenvalue weighted by Gasteiger charge is -2.09. The minimum absolute atomic E-state index is 0.301. The summed E-state index contributed by atoms with van der Waals surface area (Å²) in [4.78, 5) is 22.2. The molecule has 0 bridgehead atoms. The molecule has 0 atom stereocenters. The van der Waals surface area contributed by atoms with Crippen LogP contribution in [-0.2, 0) is 6.54 Å². The largest absolute Gasteiger partial charge is 0.467 e. The van der Waals surface area contributed by atoms with E-state index in [9.17, 15) is 4.79 Å². The van der Waals surface area contributed by atoms with Gasteiger partial charge in [-0.05, 0) is 44.2 Å². The molecule has 0 unspecified atom stereocenters. The molecule has 0 radical (unpaired) electrons. The number of pyridine rings is 2. The van der Waals surface area contributed by atoms with Gasteiger partial charge in [0.1, 0.15) is 23.7 Å². The van der Waals surface area contributed by atoms with Gasteiger partial charge in [-0.15, -0.1) is 0 Å². The Kier molecular flexibility index (Phi) is 4.55. The van der Waals surface area contributed by atoms with Crippen LogP contribution in [0.4, 0.5) is 5.69 Å². The lowest BCUT2D eigenvalue weighted by Crippen LogP contribution is -2.14. The number of carbonyl (C=O) groups is 1. The van der Waals surface area contributed by atoms with Gasteiger partial charge in [-0.2, -0.15) is 5.10 Å². The number of anilines is 1. The molecule has 5 aromatic heterocycles. The average Bonchev–Trinajstić information content (AvgIpc) is 3.52. The fraction of sp³-hybridized carbons (Fsp3) is 0.136. The van der Waals surface area contributed by atoms with Crippen molar-refractivity contribution < 1.29 is 13.7 Å². The minimum atomic E-state index is -0.301. The molecule has 0 spiro atoms. The van der Waals surface area contributed by atoms with Crippen molar-refractivity contribution in [2.24, 2.45) is 0 Å². The van der Waals surface area contributed by atoms with Gasteiger partial charge in [0.15, 0.2) is 11.4 Å². The van der Waals surface area contributed by atoms with Crippen LogP contribution in [0.1, 0.15) is 27.6 Å². The SMILES string of the molecule is Cc1noc(C)c1NC(=O)c1cc(-c2cccnc2)nc2c1cnn2Cc1ccco1. The number of nitrogens with one attached hydrogen (secondary N) is 1. The molecular weight excluding hydrogens is 396 g/mol. The molecule has 5 heterocycles. The first-order chi connectivity index (χ1) is 15.1. The molecule has 1 N–H and O–H groups in total. The standard InChI is InChI=1S/C22H18N6O3/c1-13-20(14(2)31-27-13)26-22(29)17-9-19(15-5-3-7-23-10-15)25-21-18(17)11-24-28(21)12-16-6-4-8-30-16/h3-11H,12H2,1-2H3,(H,26,29). The maximum absolute atomic E-state index is 13.3. The highest BCUT2D eigenvalue weighted by Crippen LogP contribution is 2.27. The zero-order valence-electron chi connectivity index (χ0n) is 16.9. The van der Waals surface area contributed by atoms with Crippen molar-refractivity contribution in [3.63, 3.8) is 0 Å². The topological polar surface area (TPSA) is 112 Å². The van der Waals surface area contributed by atoms with Crippen molar-refractivity contribution in [3.05, 3.63) is 78.0 Å². The minimum Gasteiger partial charge on any atom is -0.467 e. The molecule has 5 aromatic rings. The summed E-state index contributed by atoms with van der Waals surface area (Å²) in [5.41, 5.74) is 3.58. The number of aromatic nitrogens is 5. The van der Waals surface area contributed by atoms with Crippen LogP contribution in [0.25, 0.3) is 22.3 Å². The highest BCUT2D eigenvalue weighted by Gasteiger charge is 2.20. The summed E-state index contributed by atoms with van der Waals surface area (Å²) in [5, 5.41) is 11.9. The Hall–Kier alpha value is -4.27. The number of hydrogen-bond donors (Lipinski definition) is 1. The van der Waals surface area contributed by atoms with Crippen LogP contribution in [0.3, 0.4) is 0 Å². The molecule has 0 aliphatic rings. The monoisotopic (exact) mass is 414 g/mol. The van der Waals surface area contributed by atoms with E-state index in [0.717, 1.165) is 11.3 Å². The van der Waals surface area contributed by atoms with E-state index < -0.39 is 0 Å². The first-order valence-corrected chi connectivity index (χ1v) is 9.63. The molecular formula is C22H18N6O3. The lowest BCUT2D eigenvalue weighted by atomic mass is 10.1. The Morgan fingerprint density at radius 2 is 2.10 bits per heavy atom. The number of nitrogens with zero attached hydrogens (tertiary/aromatic N) is 5. The van der Waals surface area contributed by atoms with Gasteiger partial charge in [-0.25, -0.2) is 9.67 Å². The molecule has 154 valence electrons. The molecule has 9 nitrogen and oxygen atoms in total. The van der Waals surface area contributed by atoms with Gasteiger partial charge >= 0.3 is 0 Å². The van der Waals surface area contributed by atoms with E-state index in [1.165, 1.54) is 0 Å². The Balaban J connectivity index is 1.63. The van der Waals surface area contributed by atoms with Crippen LogP contribution < -0.4 is 5.32 Å². The molecule has 0 saturated heterocycles. The van der Waals surface area contributed by atoms with Gasteiger partial charge in [-0.3, -0.25) is 9.78 Å². The van der Waals surface area contributed by atoms with Crippen LogP contribution >= 0.6 is 0 Å². The fourth-order valence-corrected chi connectivity index (χ4v) is 3.41. The predicted molar refractivity (Wildman–Crippen MR) is 112 cm³/mol. The quantitative estimate of drug-likeness (QED) is 0.463. The molecule has 0 aromatic carbocycles. The van der Waals surface area contributed by atoms with E-state index >= 15 is 0 Å². The zero-order chi connectivity index (χ0) is 21.4. The highest BCUT2D eigenvalue weighted by atomic mass is 16.5. The zero-order valence-corrected chi connectivity index (χ0v) is 16.9. The second-order valence-corrected chi connectivity index (χ2v) is 7.07. The third kappa shape index (κ3) is 3.46. The smallest absolute Gasteiger partial charge is 0.256 e. The molecule has 1 amide bonds. The van der Waals surface area contributed by atoms with Gasteiger partial charge < -0.3 is 14.3 Å². The second-order valence-electron chi connectivity index (χ2n) is 7.07. The Morgan fingerprint density at radius 1 is 1.19 bits per heavy atom. The van der Waals surface area contributed by atoms with E-state index in [2.05, 4.69) is 20.6 Å². The van der Waals surface area contributed by atoms with E-state index in [-0.39, 0.29) is 5.91 Å². The van der Waals surface area contributed by atoms with Crippen LogP contribution in [0.5, 0.6) is 0 Å². The Morgan fingerprint density at radius 3 is 2.81 bits per heavy atom. The van der Waals surface area contributed by atoms with Gasteiger partial charge in [0.2, 0.25) is 0 Å². The lowest BCUT2D eigenvalue weighted by molar-refractivity contribution is 0.102. The van der Waals surface area contributed by atoms with Gasteiger partial charge in [-0.1, -0.05) is 5.16 Å². The number of furan rings is 1. The van der Waals surface area contributed by atoms with Crippen molar-refractivity contribution in [1.29, 1.82) is 0 Å². The van der Waals surface area contributed by atoms with E-state index in [4.69, 9.17) is 13.9 Å². The van der Waals surface area contributed by atoms with E-state index in [1.807, 2.05) is 24.3 Å². The Bertz CT molecular complexity index is 1350. The molecule has 9 heteroatoms. The van der Waals surface area contributed by atoms with Gasteiger partial charge in [0.05, 0.1) is 29.1 Å². The van der Waals surface area contributed by atoms with Crippen molar-refractivity contribution >= 4 is 22.6 Å². The predicted octanol–water partition coefficient (Wildman–Crippen LogP) is 3.99. The molecule has 5 rings (SSSR count). The number of carbonyl (C=O) groups excluding carboxylic acids is 1. The highest BCUT2D eigenvalue weighted by molar-refractivity contribution is 6.13. The maximum atomic E-state index is 13.3. The first kappa shape index (κ1) is 18.7. The van der Waals surface area contributed by atoms with E-state index in [0.29, 0.717) is 46.0 Å². The maximum Gasteiger partial charge on any atom is 0.256 e. The normalized spacial score (nSPS) is 11.2. The molecule has 31 heavy (non-hydrogen) atoms. The van der Waals surface area contributed by atoms with E-state index in [1.54, 1.807) is 49.4 Å². The Labute approximate surface area is 176 Å². The van der Waals surface area contributed by atoms with Crippen molar-refractivity contribution in [3.8, 4) is 11.3 Å². The van der Waals surface area contributed by atoms with Crippen LogP contribution in [0, 0.1) is 13.8 Å². The summed E-state index contributed by atoms with van der Waals surface area (Å²) < 4.78 is 12.3. The summed E-state index contributed by atoms with van der Waals surface area (Å²) in [5.74, 6) is 0.974. The number of fused-ring (bicyclic) bond motifs is 1.